The Morgan fingerprint density at radius 2 is 1.72 bits per heavy atom. The summed E-state index contributed by atoms with van der Waals surface area (Å²) in [6, 6.07) is 8.51. The molecule has 1 aromatic rings. The first kappa shape index (κ1) is 21.4. The molecule has 0 aliphatic rings. The molecule has 0 saturated heterocycles. The molecule has 142 valence electrons. The molecule has 25 heavy (non-hydrogen) atoms. The average Bonchev–Trinajstić information content (AvgIpc) is 2.63. The molecule has 0 spiro atoms. The SMILES string of the molecule is CN=C(NCCCOCCOC)NCCCS(=O)(=O)c1ccccc1. The lowest BCUT2D eigenvalue weighted by atomic mass is 10.4. The molecule has 0 bridgehead atoms. The number of nitrogens with one attached hydrogen (secondary N) is 2. The fraction of sp³-hybridized carbons (Fsp3) is 0.588. The highest BCUT2D eigenvalue weighted by atomic mass is 32.2. The quantitative estimate of drug-likeness (QED) is 0.325. The fourth-order valence-corrected chi connectivity index (χ4v) is 3.39. The van der Waals surface area contributed by atoms with E-state index in [2.05, 4.69) is 15.6 Å². The number of methoxy groups -OCH3 is 1. The van der Waals surface area contributed by atoms with E-state index < -0.39 is 9.84 Å². The zero-order valence-corrected chi connectivity index (χ0v) is 15.8. The maximum absolute atomic E-state index is 12.2. The summed E-state index contributed by atoms with van der Waals surface area (Å²) in [6.45, 7) is 3.12. The number of guanidine groups is 1. The second-order valence-corrected chi connectivity index (χ2v) is 7.48. The van der Waals surface area contributed by atoms with Crippen LogP contribution in [0.2, 0.25) is 0 Å². The monoisotopic (exact) mass is 371 g/mol. The summed E-state index contributed by atoms with van der Waals surface area (Å²) in [6.07, 6.45) is 1.37. The van der Waals surface area contributed by atoms with Crippen molar-refractivity contribution in [2.24, 2.45) is 4.99 Å². The minimum atomic E-state index is -3.22. The highest BCUT2D eigenvalue weighted by Crippen LogP contribution is 2.10. The molecule has 0 radical (unpaired) electrons. The van der Waals surface area contributed by atoms with E-state index in [1.807, 2.05) is 0 Å². The van der Waals surface area contributed by atoms with Crippen molar-refractivity contribution in [3.05, 3.63) is 30.3 Å². The van der Waals surface area contributed by atoms with Crippen molar-refractivity contribution in [1.82, 2.24) is 10.6 Å². The first-order valence-electron chi connectivity index (χ1n) is 8.39. The van der Waals surface area contributed by atoms with E-state index in [1.165, 1.54) is 0 Å². The van der Waals surface area contributed by atoms with Crippen molar-refractivity contribution >= 4 is 15.8 Å². The molecule has 0 aliphatic heterocycles. The van der Waals surface area contributed by atoms with Gasteiger partial charge in [-0.3, -0.25) is 4.99 Å². The fourth-order valence-electron chi connectivity index (χ4n) is 2.06. The van der Waals surface area contributed by atoms with Crippen molar-refractivity contribution in [3.8, 4) is 0 Å². The second kappa shape index (κ2) is 12.7. The van der Waals surface area contributed by atoms with Gasteiger partial charge in [0.1, 0.15) is 0 Å². The Bertz CT molecular complexity index is 591. The average molecular weight is 372 g/mol. The van der Waals surface area contributed by atoms with Crippen molar-refractivity contribution in [2.45, 2.75) is 17.7 Å². The van der Waals surface area contributed by atoms with Gasteiger partial charge in [-0.05, 0) is 25.0 Å². The van der Waals surface area contributed by atoms with E-state index in [-0.39, 0.29) is 5.75 Å². The van der Waals surface area contributed by atoms with Crippen LogP contribution >= 0.6 is 0 Å². The van der Waals surface area contributed by atoms with E-state index >= 15 is 0 Å². The van der Waals surface area contributed by atoms with E-state index in [4.69, 9.17) is 9.47 Å². The molecule has 0 heterocycles. The third-order valence-corrected chi connectivity index (χ3v) is 5.21. The van der Waals surface area contributed by atoms with E-state index in [9.17, 15) is 8.42 Å². The van der Waals surface area contributed by atoms with Crippen LogP contribution in [0.5, 0.6) is 0 Å². The van der Waals surface area contributed by atoms with Gasteiger partial charge < -0.3 is 20.1 Å². The van der Waals surface area contributed by atoms with Crippen LogP contribution < -0.4 is 10.6 Å². The first-order chi connectivity index (χ1) is 12.1. The minimum absolute atomic E-state index is 0.106. The third-order valence-electron chi connectivity index (χ3n) is 3.40. The highest BCUT2D eigenvalue weighted by molar-refractivity contribution is 7.91. The topological polar surface area (TPSA) is 89.0 Å². The van der Waals surface area contributed by atoms with Crippen molar-refractivity contribution in [1.29, 1.82) is 0 Å². The van der Waals surface area contributed by atoms with E-state index in [1.54, 1.807) is 44.5 Å². The summed E-state index contributed by atoms with van der Waals surface area (Å²) in [5.41, 5.74) is 0. The Hall–Kier alpha value is -1.64. The van der Waals surface area contributed by atoms with Gasteiger partial charge in [0.15, 0.2) is 15.8 Å². The summed E-state index contributed by atoms with van der Waals surface area (Å²) >= 11 is 0. The van der Waals surface area contributed by atoms with E-state index in [0.29, 0.717) is 43.6 Å². The van der Waals surface area contributed by atoms with Gasteiger partial charge in [-0.25, -0.2) is 8.42 Å². The molecule has 1 aromatic carbocycles. The molecule has 7 nitrogen and oxygen atoms in total. The maximum atomic E-state index is 12.2. The van der Waals surface area contributed by atoms with Crippen LogP contribution in [0.15, 0.2) is 40.2 Å². The molecule has 0 atom stereocenters. The zero-order chi connectivity index (χ0) is 18.4. The summed E-state index contributed by atoms with van der Waals surface area (Å²) in [5.74, 6) is 0.767. The van der Waals surface area contributed by atoms with Crippen LogP contribution in [0.1, 0.15) is 12.8 Å². The Morgan fingerprint density at radius 3 is 2.36 bits per heavy atom. The molecular formula is C17H29N3O4S. The van der Waals surface area contributed by atoms with Crippen LogP contribution in [-0.2, 0) is 19.3 Å². The van der Waals surface area contributed by atoms with Gasteiger partial charge in [0.25, 0.3) is 0 Å². The Kier molecular flexibility index (Phi) is 10.9. The number of nitrogens with zero attached hydrogens (tertiary/aromatic N) is 1. The van der Waals surface area contributed by atoms with Crippen molar-refractivity contribution in [3.63, 3.8) is 0 Å². The van der Waals surface area contributed by atoms with Crippen molar-refractivity contribution in [2.75, 3.05) is 52.8 Å². The molecule has 0 unspecified atom stereocenters. The number of hydrogen-bond acceptors (Lipinski definition) is 5. The van der Waals surface area contributed by atoms with Gasteiger partial charge >= 0.3 is 0 Å². The van der Waals surface area contributed by atoms with Gasteiger partial charge in [0.2, 0.25) is 0 Å². The van der Waals surface area contributed by atoms with Crippen LogP contribution in [-0.4, -0.2) is 67.2 Å². The normalized spacial score (nSPS) is 12.2. The molecule has 0 aliphatic carbocycles. The first-order valence-corrected chi connectivity index (χ1v) is 10.0. The zero-order valence-electron chi connectivity index (χ0n) is 15.0. The minimum Gasteiger partial charge on any atom is -0.382 e. The highest BCUT2D eigenvalue weighted by Gasteiger charge is 2.13. The number of rotatable bonds is 12. The molecule has 0 saturated carbocycles. The van der Waals surface area contributed by atoms with Gasteiger partial charge in [0, 0.05) is 33.9 Å². The summed E-state index contributed by atoms with van der Waals surface area (Å²) in [5, 5.41) is 6.29. The smallest absolute Gasteiger partial charge is 0.190 e. The lowest BCUT2D eigenvalue weighted by molar-refractivity contribution is 0.0698. The second-order valence-electron chi connectivity index (χ2n) is 5.37. The van der Waals surface area contributed by atoms with Gasteiger partial charge in [-0.1, -0.05) is 18.2 Å². The predicted molar refractivity (Wildman–Crippen MR) is 99.8 cm³/mol. The molecule has 0 fully saturated rings. The lowest BCUT2D eigenvalue weighted by Gasteiger charge is -2.12. The largest absolute Gasteiger partial charge is 0.382 e. The Balaban J connectivity index is 2.17. The number of hydrogen-bond donors (Lipinski definition) is 2. The van der Waals surface area contributed by atoms with Crippen LogP contribution in [0.4, 0.5) is 0 Å². The summed E-state index contributed by atoms with van der Waals surface area (Å²) in [7, 11) is 0.106. The van der Waals surface area contributed by atoms with E-state index in [0.717, 1.165) is 13.0 Å². The molecule has 0 amide bonds. The summed E-state index contributed by atoms with van der Waals surface area (Å²) in [4.78, 5) is 4.48. The number of benzene rings is 1. The van der Waals surface area contributed by atoms with Crippen molar-refractivity contribution < 1.29 is 17.9 Å². The Labute approximate surface area is 150 Å². The molecule has 8 heteroatoms. The predicted octanol–water partition coefficient (Wildman–Crippen LogP) is 1.07. The number of aliphatic imine (C=N–C) groups is 1. The molecule has 2 N–H and O–H groups in total. The summed E-state index contributed by atoms with van der Waals surface area (Å²) < 4.78 is 34.6. The molecular weight excluding hydrogens is 342 g/mol. The van der Waals surface area contributed by atoms with Gasteiger partial charge in [-0.15, -0.1) is 0 Å². The van der Waals surface area contributed by atoms with Gasteiger partial charge in [0.05, 0.1) is 23.9 Å². The van der Waals surface area contributed by atoms with Crippen LogP contribution in [0.25, 0.3) is 0 Å². The maximum Gasteiger partial charge on any atom is 0.190 e. The third kappa shape index (κ3) is 9.42. The Morgan fingerprint density at radius 1 is 1.04 bits per heavy atom. The lowest BCUT2D eigenvalue weighted by Crippen LogP contribution is -2.38. The molecule has 0 aromatic heterocycles. The number of ether oxygens (including phenoxy) is 2. The van der Waals surface area contributed by atoms with Crippen LogP contribution in [0, 0.1) is 0 Å². The number of sulfone groups is 1. The van der Waals surface area contributed by atoms with Crippen LogP contribution in [0.3, 0.4) is 0 Å². The van der Waals surface area contributed by atoms with Gasteiger partial charge in [-0.2, -0.15) is 0 Å². The standard InChI is InChI=1S/C17H29N3O4S/c1-18-17(19-10-6-12-24-14-13-23-2)20-11-7-15-25(21,22)16-8-4-3-5-9-16/h3-5,8-9H,6-7,10-15H2,1-2H3,(H2,18,19,20). The molecule has 1 rings (SSSR count).